The molecular weight excluding hydrogens is 531 g/mol. The van der Waals surface area contributed by atoms with Crippen LogP contribution in [-0.2, 0) is 10.9 Å². The van der Waals surface area contributed by atoms with Gasteiger partial charge in [-0.3, -0.25) is 9.59 Å². The molecule has 0 spiro atoms. The first kappa shape index (κ1) is 28.4. The fraction of sp³-hybridized carbons (Fsp3) is 0.346. The number of rotatable bonds is 7. The Morgan fingerprint density at radius 3 is 2.48 bits per heavy atom. The van der Waals surface area contributed by atoms with Gasteiger partial charge >= 0.3 is 12.3 Å². The maximum Gasteiger partial charge on any atom is 0.416 e. The molecule has 0 aliphatic carbocycles. The summed E-state index contributed by atoms with van der Waals surface area (Å²) in [5.74, 6) is -0.504. The number of anilines is 3. The van der Waals surface area contributed by atoms with Crippen molar-refractivity contribution in [1.82, 2.24) is 14.5 Å². The Hall–Kier alpha value is -4.62. The molecule has 0 saturated carbocycles. The zero-order valence-electron chi connectivity index (χ0n) is 21.7. The van der Waals surface area contributed by atoms with E-state index in [4.69, 9.17) is 16.2 Å². The van der Waals surface area contributed by atoms with Crippen molar-refractivity contribution in [3.8, 4) is 11.1 Å². The summed E-state index contributed by atoms with van der Waals surface area (Å²) < 4.78 is 45.7. The normalized spacial score (nSPS) is 15.7. The van der Waals surface area contributed by atoms with Gasteiger partial charge in [-0.15, -0.1) is 0 Å². The number of carbonyl (C=O) groups is 2. The van der Waals surface area contributed by atoms with Gasteiger partial charge in [-0.2, -0.15) is 18.2 Å². The second-order valence-electron chi connectivity index (χ2n) is 9.59. The van der Waals surface area contributed by atoms with Crippen molar-refractivity contribution >= 4 is 29.5 Å². The molecule has 1 fully saturated rings. The Morgan fingerprint density at radius 2 is 1.88 bits per heavy atom. The number of alkyl halides is 3. The molecule has 5 N–H and O–H groups in total. The number of nitrogens with two attached hydrogens (primary N) is 2. The Morgan fingerprint density at radius 1 is 1.18 bits per heavy atom. The van der Waals surface area contributed by atoms with Crippen molar-refractivity contribution in [3.05, 3.63) is 64.2 Å². The van der Waals surface area contributed by atoms with Crippen LogP contribution in [-0.4, -0.2) is 45.7 Å². The summed E-state index contributed by atoms with van der Waals surface area (Å²) in [4.78, 5) is 47.1. The Kier molecular flexibility index (Phi) is 7.98. The van der Waals surface area contributed by atoms with E-state index in [0.29, 0.717) is 25.1 Å². The Labute approximate surface area is 227 Å². The van der Waals surface area contributed by atoms with Gasteiger partial charge in [0.05, 0.1) is 17.8 Å². The molecule has 212 valence electrons. The molecule has 40 heavy (non-hydrogen) atoms. The van der Waals surface area contributed by atoms with Gasteiger partial charge in [0.2, 0.25) is 5.95 Å². The predicted octanol–water partition coefficient (Wildman–Crippen LogP) is 3.81. The molecule has 0 bridgehead atoms. The molecule has 0 radical (unpaired) electrons. The largest absolute Gasteiger partial charge is 0.445 e. The van der Waals surface area contributed by atoms with Gasteiger partial charge in [0, 0.05) is 30.5 Å². The van der Waals surface area contributed by atoms with Crippen LogP contribution in [0.15, 0.2) is 47.5 Å². The number of primary amides is 2. The van der Waals surface area contributed by atoms with E-state index in [0.717, 1.165) is 12.1 Å². The van der Waals surface area contributed by atoms with E-state index in [2.05, 4.69) is 15.3 Å². The second-order valence-corrected chi connectivity index (χ2v) is 9.59. The maximum atomic E-state index is 13.2. The van der Waals surface area contributed by atoms with Crippen LogP contribution in [0.5, 0.6) is 0 Å². The zero-order chi connectivity index (χ0) is 29.2. The van der Waals surface area contributed by atoms with Crippen molar-refractivity contribution in [1.29, 1.82) is 0 Å². The first-order chi connectivity index (χ1) is 18.8. The van der Waals surface area contributed by atoms with E-state index in [-0.39, 0.29) is 41.0 Å². The molecule has 2 aromatic heterocycles. The van der Waals surface area contributed by atoms with E-state index in [1.807, 2.05) is 0 Å². The van der Waals surface area contributed by atoms with Crippen molar-refractivity contribution < 1.29 is 27.5 Å². The molecule has 3 aromatic rings. The van der Waals surface area contributed by atoms with Gasteiger partial charge in [0.25, 0.3) is 11.5 Å². The average molecular weight is 560 g/mol. The standard InChI is InChI=1S/C26H28F3N7O4/c1-14(2)36-12-17(10-19(23(36)38)15-5-7-16(8-6-15)26(27,28)29)33-22-20(21(30)37)11-32-25(34-22)35-9-3-4-18(13-35)40-24(31)39/h5-8,10-12,14,18H,3-4,9,13H2,1-2H3,(H2,30,37)(H2,31,39)(H,32,33,34)/t18-/m0/s1. The summed E-state index contributed by atoms with van der Waals surface area (Å²) in [5.41, 5.74) is 10.2. The van der Waals surface area contributed by atoms with E-state index in [1.54, 1.807) is 18.7 Å². The van der Waals surface area contributed by atoms with Crippen LogP contribution in [0.2, 0.25) is 0 Å². The molecule has 1 aliphatic heterocycles. The summed E-state index contributed by atoms with van der Waals surface area (Å²) in [5, 5.41) is 3.02. The smallest absolute Gasteiger partial charge is 0.416 e. The van der Waals surface area contributed by atoms with Crippen LogP contribution in [0, 0.1) is 0 Å². The van der Waals surface area contributed by atoms with Crippen LogP contribution >= 0.6 is 0 Å². The number of nitrogens with one attached hydrogen (secondary N) is 1. The third-order valence-corrected chi connectivity index (χ3v) is 6.37. The lowest BCUT2D eigenvalue weighted by molar-refractivity contribution is -0.137. The van der Waals surface area contributed by atoms with Gasteiger partial charge in [-0.25, -0.2) is 9.78 Å². The van der Waals surface area contributed by atoms with Gasteiger partial charge in [-0.1, -0.05) is 12.1 Å². The van der Waals surface area contributed by atoms with Crippen molar-refractivity contribution in [2.75, 3.05) is 23.3 Å². The number of nitrogens with zero attached hydrogens (tertiary/aromatic N) is 4. The minimum atomic E-state index is -4.52. The summed E-state index contributed by atoms with van der Waals surface area (Å²) >= 11 is 0. The van der Waals surface area contributed by atoms with Gasteiger partial charge in [-0.05, 0) is 50.5 Å². The molecule has 11 nitrogen and oxygen atoms in total. The molecule has 4 rings (SSSR count). The predicted molar refractivity (Wildman–Crippen MR) is 141 cm³/mol. The van der Waals surface area contributed by atoms with Crippen molar-refractivity contribution in [2.45, 2.75) is 45.0 Å². The molecule has 2 amide bonds. The molecule has 1 atom stereocenters. The minimum absolute atomic E-state index is 0.0240. The number of hydrogen-bond donors (Lipinski definition) is 3. The van der Waals surface area contributed by atoms with Crippen LogP contribution < -0.4 is 27.2 Å². The lowest BCUT2D eigenvalue weighted by Crippen LogP contribution is -2.42. The number of carbonyl (C=O) groups excluding carboxylic acids is 2. The minimum Gasteiger partial charge on any atom is -0.445 e. The van der Waals surface area contributed by atoms with E-state index >= 15 is 0 Å². The fourth-order valence-electron chi connectivity index (χ4n) is 4.42. The number of amides is 2. The molecule has 1 aromatic carbocycles. The average Bonchev–Trinajstić information content (AvgIpc) is 2.88. The third kappa shape index (κ3) is 6.33. The first-order valence-corrected chi connectivity index (χ1v) is 12.4. The van der Waals surface area contributed by atoms with Crippen LogP contribution in [0.3, 0.4) is 0 Å². The highest BCUT2D eigenvalue weighted by atomic mass is 19.4. The summed E-state index contributed by atoms with van der Waals surface area (Å²) in [7, 11) is 0. The molecule has 1 aliphatic rings. The van der Waals surface area contributed by atoms with Crippen molar-refractivity contribution in [2.24, 2.45) is 11.5 Å². The van der Waals surface area contributed by atoms with Crippen molar-refractivity contribution in [3.63, 3.8) is 0 Å². The third-order valence-electron chi connectivity index (χ3n) is 6.37. The van der Waals surface area contributed by atoms with E-state index in [1.165, 1.54) is 35.2 Å². The van der Waals surface area contributed by atoms with Gasteiger partial charge in [0.15, 0.2) is 0 Å². The Bertz CT molecular complexity index is 1470. The number of piperidine rings is 1. The molecule has 3 heterocycles. The van der Waals surface area contributed by atoms with E-state index in [9.17, 15) is 27.6 Å². The van der Waals surface area contributed by atoms with E-state index < -0.39 is 35.4 Å². The number of hydrogen-bond acceptors (Lipinski definition) is 8. The lowest BCUT2D eigenvalue weighted by Gasteiger charge is -2.32. The lowest BCUT2D eigenvalue weighted by atomic mass is 10.0. The zero-order valence-corrected chi connectivity index (χ0v) is 21.7. The van der Waals surface area contributed by atoms with Gasteiger partial charge < -0.3 is 31.0 Å². The quantitative estimate of drug-likeness (QED) is 0.394. The molecule has 1 saturated heterocycles. The van der Waals surface area contributed by atoms with Crippen LogP contribution in [0.1, 0.15) is 48.7 Å². The number of pyridine rings is 1. The monoisotopic (exact) mass is 559 g/mol. The Balaban J connectivity index is 1.73. The summed E-state index contributed by atoms with van der Waals surface area (Å²) in [6.45, 7) is 4.40. The first-order valence-electron chi connectivity index (χ1n) is 12.4. The second kappa shape index (κ2) is 11.2. The highest BCUT2D eigenvalue weighted by Crippen LogP contribution is 2.31. The summed E-state index contributed by atoms with van der Waals surface area (Å²) in [6.07, 6.45) is -1.78. The highest BCUT2D eigenvalue weighted by molar-refractivity contribution is 5.98. The van der Waals surface area contributed by atoms with Crippen LogP contribution in [0.4, 0.5) is 35.4 Å². The SMILES string of the molecule is CC(C)n1cc(Nc2nc(N3CCC[C@H](OC(N)=O)C3)ncc2C(N)=O)cc(-c2ccc(C(F)(F)F)cc2)c1=O. The van der Waals surface area contributed by atoms with Gasteiger partial charge in [0.1, 0.15) is 17.5 Å². The number of benzene rings is 1. The van der Waals surface area contributed by atoms with Crippen LogP contribution in [0.25, 0.3) is 11.1 Å². The maximum absolute atomic E-state index is 13.2. The fourth-order valence-corrected chi connectivity index (χ4v) is 4.42. The molecular formula is C26H28F3N7O4. The topological polar surface area (TPSA) is 158 Å². The number of ether oxygens (including phenoxy) is 1. The highest BCUT2D eigenvalue weighted by Gasteiger charge is 2.30. The number of halogens is 3. The molecule has 0 unspecified atom stereocenters. The summed E-state index contributed by atoms with van der Waals surface area (Å²) in [6, 6.07) is 5.44. The number of aromatic nitrogens is 3. The molecule has 14 heteroatoms.